The molecule has 0 aliphatic carbocycles. The summed E-state index contributed by atoms with van der Waals surface area (Å²) in [7, 11) is 0. The van der Waals surface area contributed by atoms with Crippen molar-refractivity contribution in [1.29, 1.82) is 0 Å². The van der Waals surface area contributed by atoms with E-state index in [2.05, 4.69) is 55.5 Å². The summed E-state index contributed by atoms with van der Waals surface area (Å²) < 4.78 is 0. The van der Waals surface area contributed by atoms with Crippen LogP contribution >= 0.6 is 11.6 Å². The van der Waals surface area contributed by atoms with Crippen LogP contribution < -0.4 is 0 Å². The van der Waals surface area contributed by atoms with Gasteiger partial charge in [-0.3, -0.25) is 0 Å². The summed E-state index contributed by atoms with van der Waals surface area (Å²) in [5.74, 6) is 0.577. The minimum absolute atomic E-state index is 0.577. The maximum atomic E-state index is 5.76. The third-order valence-corrected chi connectivity index (χ3v) is 2.87. The van der Waals surface area contributed by atoms with Gasteiger partial charge < -0.3 is 0 Å². The zero-order valence-corrected chi connectivity index (χ0v) is 9.46. The highest BCUT2D eigenvalue weighted by Crippen LogP contribution is 2.23. The molecule has 0 saturated carbocycles. The molecule has 0 nitrogen and oxygen atoms in total. The molecule has 1 heteroatoms. The van der Waals surface area contributed by atoms with E-state index in [-0.39, 0.29) is 0 Å². The third-order valence-electron chi connectivity index (χ3n) is 2.56. The first-order valence-electron chi connectivity index (χ1n) is 5.02. The molecule has 0 fully saturated rings. The van der Waals surface area contributed by atoms with Crippen molar-refractivity contribution in [3.63, 3.8) is 0 Å². The van der Waals surface area contributed by atoms with Crippen molar-refractivity contribution in [1.82, 2.24) is 0 Å². The topological polar surface area (TPSA) is 0 Å². The predicted octanol–water partition coefficient (Wildman–Crippen LogP) is 4.40. The monoisotopic (exact) mass is 216 g/mol. The third kappa shape index (κ3) is 2.21. The molecule has 15 heavy (non-hydrogen) atoms. The molecule has 0 amide bonds. The molecule has 0 heterocycles. The van der Waals surface area contributed by atoms with Crippen LogP contribution in [0.3, 0.4) is 0 Å². The fourth-order valence-electron chi connectivity index (χ4n) is 1.67. The summed E-state index contributed by atoms with van der Waals surface area (Å²) >= 11 is 5.76. The molecule has 0 saturated heterocycles. The van der Waals surface area contributed by atoms with Gasteiger partial charge in [0.05, 0.1) is 0 Å². The maximum absolute atomic E-state index is 5.76. The van der Waals surface area contributed by atoms with E-state index in [0.717, 1.165) is 5.56 Å². The van der Waals surface area contributed by atoms with Crippen molar-refractivity contribution in [2.24, 2.45) is 0 Å². The lowest BCUT2D eigenvalue weighted by atomic mass is 10.00. The maximum Gasteiger partial charge on any atom is 0.0474 e. The Morgan fingerprint density at radius 1 is 0.933 bits per heavy atom. The molecule has 2 aromatic carbocycles. The fraction of sp³-hybridized carbons (Fsp3) is 0.143. The number of halogens is 1. The van der Waals surface area contributed by atoms with Crippen molar-refractivity contribution >= 4 is 11.6 Å². The molecule has 0 bridgehead atoms. The van der Waals surface area contributed by atoms with Gasteiger partial charge in [0.25, 0.3) is 0 Å². The zero-order valence-electron chi connectivity index (χ0n) is 8.70. The van der Waals surface area contributed by atoms with Gasteiger partial charge >= 0.3 is 0 Å². The summed E-state index contributed by atoms with van der Waals surface area (Å²) in [4.78, 5) is 0. The Bertz CT molecular complexity index is 443. The molecule has 2 aromatic rings. The van der Waals surface area contributed by atoms with E-state index < -0.39 is 0 Å². The number of hydrogen-bond acceptors (Lipinski definition) is 0. The fourth-order valence-corrected chi connectivity index (χ4v) is 1.85. The Morgan fingerprint density at radius 2 is 1.60 bits per heavy atom. The zero-order chi connectivity index (χ0) is 10.7. The van der Waals surface area contributed by atoms with Gasteiger partial charge in [0, 0.05) is 5.88 Å². The van der Waals surface area contributed by atoms with Gasteiger partial charge in [0.15, 0.2) is 0 Å². The SMILES string of the molecule is Cc1ccccc1-c1ccc(CCl)cc1. The molecule has 0 aromatic heterocycles. The molecular weight excluding hydrogens is 204 g/mol. The smallest absolute Gasteiger partial charge is 0.0474 e. The molecule has 0 unspecified atom stereocenters. The molecule has 0 N–H and O–H groups in total. The van der Waals surface area contributed by atoms with Gasteiger partial charge in [-0.15, -0.1) is 11.6 Å². The average Bonchev–Trinajstić information content (AvgIpc) is 2.30. The van der Waals surface area contributed by atoms with E-state index in [9.17, 15) is 0 Å². The van der Waals surface area contributed by atoms with Gasteiger partial charge in [-0.1, -0.05) is 48.5 Å². The summed E-state index contributed by atoms with van der Waals surface area (Å²) in [6.07, 6.45) is 0. The molecule has 76 valence electrons. The number of alkyl halides is 1. The Kier molecular flexibility index (Phi) is 3.08. The second kappa shape index (κ2) is 4.50. The van der Waals surface area contributed by atoms with Crippen LogP contribution in [0.25, 0.3) is 11.1 Å². The van der Waals surface area contributed by atoms with E-state index in [1.807, 2.05) is 0 Å². The molecule has 2 rings (SSSR count). The van der Waals surface area contributed by atoms with Crippen LogP contribution in [0.1, 0.15) is 11.1 Å². The van der Waals surface area contributed by atoms with Crippen LogP contribution in [0.4, 0.5) is 0 Å². The van der Waals surface area contributed by atoms with Crippen molar-refractivity contribution in [3.05, 3.63) is 59.7 Å². The number of hydrogen-bond donors (Lipinski definition) is 0. The van der Waals surface area contributed by atoms with Crippen LogP contribution in [0, 0.1) is 6.92 Å². The minimum atomic E-state index is 0.577. The summed E-state index contributed by atoms with van der Waals surface area (Å²) in [5.41, 5.74) is 5.01. The van der Waals surface area contributed by atoms with Gasteiger partial charge in [-0.25, -0.2) is 0 Å². The largest absolute Gasteiger partial charge is 0.122 e. The highest BCUT2D eigenvalue weighted by molar-refractivity contribution is 6.17. The first-order chi connectivity index (χ1) is 7.31. The van der Waals surface area contributed by atoms with Crippen LogP contribution in [0.15, 0.2) is 48.5 Å². The lowest BCUT2D eigenvalue weighted by Crippen LogP contribution is -1.83. The molecule has 0 atom stereocenters. The molecule has 0 aliphatic rings. The number of rotatable bonds is 2. The summed E-state index contributed by atoms with van der Waals surface area (Å²) in [5, 5.41) is 0. The minimum Gasteiger partial charge on any atom is -0.122 e. The molecule has 0 aliphatic heterocycles. The van der Waals surface area contributed by atoms with E-state index in [1.165, 1.54) is 16.7 Å². The summed E-state index contributed by atoms with van der Waals surface area (Å²) in [6.45, 7) is 2.13. The van der Waals surface area contributed by atoms with Crippen molar-refractivity contribution in [3.8, 4) is 11.1 Å². The van der Waals surface area contributed by atoms with Crippen LogP contribution in [0.5, 0.6) is 0 Å². The van der Waals surface area contributed by atoms with E-state index in [1.54, 1.807) is 0 Å². The Hall–Kier alpha value is -1.27. The normalized spacial score (nSPS) is 10.3. The average molecular weight is 217 g/mol. The predicted molar refractivity (Wildman–Crippen MR) is 66.2 cm³/mol. The van der Waals surface area contributed by atoms with Crippen molar-refractivity contribution in [2.45, 2.75) is 12.8 Å². The van der Waals surface area contributed by atoms with Gasteiger partial charge in [0.1, 0.15) is 0 Å². The van der Waals surface area contributed by atoms with E-state index >= 15 is 0 Å². The second-order valence-electron chi connectivity index (χ2n) is 3.65. The Labute approximate surface area is 95.5 Å². The highest BCUT2D eigenvalue weighted by atomic mass is 35.5. The van der Waals surface area contributed by atoms with Gasteiger partial charge in [0.2, 0.25) is 0 Å². The molecule has 0 spiro atoms. The first-order valence-corrected chi connectivity index (χ1v) is 5.55. The van der Waals surface area contributed by atoms with Crippen molar-refractivity contribution < 1.29 is 0 Å². The number of aryl methyl sites for hydroxylation is 1. The summed E-state index contributed by atoms with van der Waals surface area (Å²) in [6, 6.07) is 16.8. The van der Waals surface area contributed by atoms with Crippen LogP contribution in [0.2, 0.25) is 0 Å². The quantitative estimate of drug-likeness (QED) is 0.653. The van der Waals surface area contributed by atoms with Crippen molar-refractivity contribution in [2.75, 3.05) is 0 Å². The van der Waals surface area contributed by atoms with E-state index in [4.69, 9.17) is 11.6 Å². The van der Waals surface area contributed by atoms with Crippen LogP contribution in [-0.4, -0.2) is 0 Å². The van der Waals surface area contributed by atoms with Gasteiger partial charge in [-0.05, 0) is 29.2 Å². The second-order valence-corrected chi connectivity index (χ2v) is 3.91. The van der Waals surface area contributed by atoms with Gasteiger partial charge in [-0.2, -0.15) is 0 Å². The molecule has 0 radical (unpaired) electrons. The number of benzene rings is 2. The highest BCUT2D eigenvalue weighted by Gasteiger charge is 2.00. The molecular formula is C14H13Cl. The standard InChI is InChI=1S/C14H13Cl/c1-11-4-2-3-5-14(11)13-8-6-12(10-15)7-9-13/h2-9H,10H2,1H3. The van der Waals surface area contributed by atoms with E-state index in [0.29, 0.717) is 5.88 Å². The lowest BCUT2D eigenvalue weighted by Gasteiger charge is -2.05. The lowest BCUT2D eigenvalue weighted by molar-refractivity contribution is 1.39. The Balaban J connectivity index is 2.42. The first kappa shape index (κ1) is 10.3. The Morgan fingerprint density at radius 3 is 2.20 bits per heavy atom. The van der Waals surface area contributed by atoms with Crippen LogP contribution in [-0.2, 0) is 5.88 Å².